The topological polar surface area (TPSA) is 56.7 Å². The van der Waals surface area contributed by atoms with Crippen molar-refractivity contribution in [3.05, 3.63) is 22.8 Å². The third kappa shape index (κ3) is 4.41. The van der Waals surface area contributed by atoms with Crippen LogP contribution in [0.4, 0.5) is 5.82 Å². The fourth-order valence-electron chi connectivity index (χ4n) is 2.49. The number of carbonyl (C=O) groups excluding carboxylic acids is 1. The Morgan fingerprint density at radius 2 is 2.00 bits per heavy atom. The van der Waals surface area contributed by atoms with Crippen molar-refractivity contribution in [3.63, 3.8) is 0 Å². The van der Waals surface area contributed by atoms with E-state index in [4.69, 9.17) is 0 Å². The lowest BCUT2D eigenvalue weighted by Gasteiger charge is -2.36. The molecule has 21 heavy (non-hydrogen) atoms. The smallest absolute Gasteiger partial charge is 0.251 e. The monoisotopic (exact) mass is 355 g/mol. The summed E-state index contributed by atoms with van der Waals surface area (Å²) in [4.78, 5) is 20.5. The third-order valence-electron chi connectivity index (χ3n) is 3.60. The Balaban J connectivity index is 1.89. The number of carbonyl (C=O) groups is 1. The number of anilines is 1. The summed E-state index contributed by atoms with van der Waals surface area (Å²) in [5, 5.41) is 9.94. The van der Waals surface area contributed by atoms with E-state index in [1.54, 1.807) is 4.90 Å². The summed E-state index contributed by atoms with van der Waals surface area (Å²) in [5.74, 6) is 1.08. The maximum Gasteiger partial charge on any atom is 0.251 e. The lowest BCUT2D eigenvalue weighted by Crippen LogP contribution is -2.51. The Hall–Kier alpha value is -1.14. The number of aliphatic hydroxyl groups is 1. The minimum Gasteiger partial charge on any atom is -0.383 e. The average molecular weight is 356 g/mol. The summed E-state index contributed by atoms with van der Waals surface area (Å²) in [7, 11) is 0. The molecule has 116 valence electrons. The number of aromatic nitrogens is 1. The number of hydrogen-bond acceptors (Lipinski definition) is 4. The van der Waals surface area contributed by atoms with Gasteiger partial charge in [0.15, 0.2) is 0 Å². The molecule has 1 amide bonds. The highest BCUT2D eigenvalue weighted by Gasteiger charge is 2.26. The van der Waals surface area contributed by atoms with E-state index >= 15 is 0 Å². The van der Waals surface area contributed by atoms with Crippen LogP contribution in [0.5, 0.6) is 0 Å². The second kappa shape index (κ2) is 7.22. The third-order valence-corrected chi connectivity index (χ3v) is 4.04. The van der Waals surface area contributed by atoms with Gasteiger partial charge in [0, 0.05) is 26.2 Å². The number of aliphatic hydroxyl groups excluding tert-OH is 1. The molecular weight excluding hydrogens is 334 g/mol. The van der Waals surface area contributed by atoms with Gasteiger partial charge < -0.3 is 14.9 Å². The van der Waals surface area contributed by atoms with Crippen LogP contribution >= 0.6 is 15.9 Å². The minimum atomic E-state index is -0.874. The maximum absolute atomic E-state index is 12.2. The SMILES string of the molecule is CC(C)CC(O)C(=O)N1CCN(c2cccc(Br)n2)CC1. The Labute approximate surface area is 134 Å². The standard InChI is InChI=1S/C15H22BrN3O2/c1-11(2)10-12(20)15(21)19-8-6-18(7-9-19)14-5-3-4-13(16)17-14/h3-5,11-12,20H,6-10H2,1-2H3. The molecule has 1 unspecified atom stereocenters. The normalized spacial score (nSPS) is 17.2. The predicted molar refractivity (Wildman–Crippen MR) is 86.2 cm³/mol. The second-order valence-electron chi connectivity index (χ2n) is 5.78. The van der Waals surface area contributed by atoms with Gasteiger partial charge in [-0.3, -0.25) is 4.79 Å². The highest BCUT2D eigenvalue weighted by molar-refractivity contribution is 9.10. The van der Waals surface area contributed by atoms with Crippen molar-refractivity contribution in [2.24, 2.45) is 5.92 Å². The lowest BCUT2D eigenvalue weighted by molar-refractivity contribution is -0.141. The number of piperazine rings is 1. The zero-order chi connectivity index (χ0) is 15.4. The average Bonchev–Trinajstić information content (AvgIpc) is 2.46. The van der Waals surface area contributed by atoms with Crippen molar-refractivity contribution in [2.75, 3.05) is 31.1 Å². The molecule has 0 bridgehead atoms. The number of hydrogen-bond donors (Lipinski definition) is 1. The van der Waals surface area contributed by atoms with Crippen LogP contribution in [0.15, 0.2) is 22.8 Å². The van der Waals surface area contributed by atoms with Crippen LogP contribution in [0.3, 0.4) is 0 Å². The summed E-state index contributed by atoms with van der Waals surface area (Å²) >= 11 is 3.37. The van der Waals surface area contributed by atoms with Crippen LogP contribution in [0.2, 0.25) is 0 Å². The first-order valence-corrected chi connectivity index (χ1v) is 8.11. The molecule has 0 aromatic carbocycles. The van der Waals surface area contributed by atoms with Crippen molar-refractivity contribution in [1.29, 1.82) is 0 Å². The molecule has 0 radical (unpaired) electrons. The van der Waals surface area contributed by atoms with E-state index in [1.165, 1.54) is 0 Å². The van der Waals surface area contributed by atoms with E-state index in [1.807, 2.05) is 32.0 Å². The molecule has 0 saturated carbocycles. The molecule has 1 aliphatic rings. The van der Waals surface area contributed by atoms with E-state index in [9.17, 15) is 9.90 Å². The zero-order valence-electron chi connectivity index (χ0n) is 12.5. The fraction of sp³-hybridized carbons (Fsp3) is 0.600. The van der Waals surface area contributed by atoms with Crippen LogP contribution in [0.25, 0.3) is 0 Å². The van der Waals surface area contributed by atoms with Gasteiger partial charge in [-0.1, -0.05) is 19.9 Å². The number of pyridine rings is 1. The molecule has 2 rings (SSSR count). The van der Waals surface area contributed by atoms with E-state index < -0.39 is 6.10 Å². The fourth-order valence-corrected chi connectivity index (χ4v) is 2.82. The molecule has 1 aromatic rings. The van der Waals surface area contributed by atoms with E-state index in [2.05, 4.69) is 25.8 Å². The van der Waals surface area contributed by atoms with E-state index in [-0.39, 0.29) is 5.91 Å². The molecule has 2 heterocycles. The van der Waals surface area contributed by atoms with E-state index in [0.29, 0.717) is 25.4 Å². The zero-order valence-corrected chi connectivity index (χ0v) is 14.1. The quantitative estimate of drug-likeness (QED) is 0.838. The molecule has 1 saturated heterocycles. The molecule has 6 heteroatoms. The van der Waals surface area contributed by atoms with Gasteiger partial charge in [-0.2, -0.15) is 0 Å². The Bertz CT molecular complexity index is 488. The summed E-state index contributed by atoms with van der Waals surface area (Å²) < 4.78 is 0.811. The van der Waals surface area contributed by atoms with Gasteiger partial charge in [-0.05, 0) is 40.4 Å². The van der Waals surface area contributed by atoms with Crippen molar-refractivity contribution in [2.45, 2.75) is 26.4 Å². The van der Waals surface area contributed by atoms with Gasteiger partial charge in [-0.15, -0.1) is 0 Å². The summed E-state index contributed by atoms with van der Waals surface area (Å²) in [6.45, 7) is 6.75. The molecular formula is C15H22BrN3O2. The minimum absolute atomic E-state index is 0.148. The van der Waals surface area contributed by atoms with Crippen LogP contribution in [-0.2, 0) is 4.79 Å². The molecule has 1 aliphatic heterocycles. The number of amides is 1. The molecule has 0 aliphatic carbocycles. The van der Waals surface area contributed by atoms with Crippen LogP contribution in [-0.4, -0.2) is 53.2 Å². The Kier molecular flexibility index (Phi) is 5.58. The van der Waals surface area contributed by atoms with Gasteiger partial charge >= 0.3 is 0 Å². The highest BCUT2D eigenvalue weighted by atomic mass is 79.9. The van der Waals surface area contributed by atoms with Crippen molar-refractivity contribution in [1.82, 2.24) is 9.88 Å². The van der Waals surface area contributed by atoms with Gasteiger partial charge in [0.05, 0.1) is 0 Å². The summed E-state index contributed by atoms with van der Waals surface area (Å²) in [6, 6.07) is 5.82. The second-order valence-corrected chi connectivity index (χ2v) is 6.59. The van der Waals surface area contributed by atoms with Crippen LogP contribution < -0.4 is 4.90 Å². The number of nitrogens with zero attached hydrogens (tertiary/aromatic N) is 3. The van der Waals surface area contributed by atoms with Gasteiger partial charge in [0.25, 0.3) is 5.91 Å². The first kappa shape index (κ1) is 16.2. The molecule has 1 aromatic heterocycles. The largest absolute Gasteiger partial charge is 0.383 e. The predicted octanol–water partition coefficient (Wildman–Crippen LogP) is 1.90. The van der Waals surface area contributed by atoms with Gasteiger partial charge in [0.2, 0.25) is 0 Å². The maximum atomic E-state index is 12.2. The first-order valence-electron chi connectivity index (χ1n) is 7.31. The Morgan fingerprint density at radius 1 is 1.33 bits per heavy atom. The first-order chi connectivity index (χ1) is 9.97. The van der Waals surface area contributed by atoms with Crippen molar-refractivity contribution >= 4 is 27.7 Å². The van der Waals surface area contributed by atoms with Crippen LogP contribution in [0, 0.1) is 5.92 Å². The molecule has 5 nitrogen and oxygen atoms in total. The molecule has 1 N–H and O–H groups in total. The lowest BCUT2D eigenvalue weighted by atomic mass is 10.0. The number of halogens is 1. The van der Waals surface area contributed by atoms with Crippen LogP contribution in [0.1, 0.15) is 20.3 Å². The van der Waals surface area contributed by atoms with Gasteiger partial charge in [0.1, 0.15) is 16.5 Å². The molecule has 1 fully saturated rings. The highest BCUT2D eigenvalue weighted by Crippen LogP contribution is 2.17. The molecule has 1 atom stereocenters. The number of rotatable bonds is 4. The van der Waals surface area contributed by atoms with Crippen molar-refractivity contribution in [3.8, 4) is 0 Å². The van der Waals surface area contributed by atoms with E-state index in [0.717, 1.165) is 23.5 Å². The van der Waals surface area contributed by atoms with Gasteiger partial charge in [-0.25, -0.2) is 4.98 Å². The summed E-state index contributed by atoms with van der Waals surface area (Å²) in [6.07, 6.45) is -0.354. The summed E-state index contributed by atoms with van der Waals surface area (Å²) in [5.41, 5.74) is 0. The van der Waals surface area contributed by atoms with Crippen molar-refractivity contribution < 1.29 is 9.90 Å². The molecule has 0 spiro atoms. The Morgan fingerprint density at radius 3 is 2.57 bits per heavy atom.